The first-order valence-corrected chi connectivity index (χ1v) is 7.23. The van der Waals surface area contributed by atoms with Crippen LogP contribution >= 0.6 is 0 Å². The zero-order chi connectivity index (χ0) is 12.5. The molecule has 3 nitrogen and oxygen atoms in total. The standard InChI is InChI=1S/C14H28N2O/c1-3-4-5-6-7-14(17)16-13-10-8-12(15-2)9-11-13/h12-13,15H,3-11H2,1-2H3,(H,16,17). The maximum absolute atomic E-state index is 11.7. The zero-order valence-corrected chi connectivity index (χ0v) is 11.4. The molecule has 0 aromatic carbocycles. The van der Waals surface area contributed by atoms with Gasteiger partial charge in [0.15, 0.2) is 0 Å². The fourth-order valence-electron chi connectivity index (χ4n) is 2.54. The Balaban J connectivity index is 2.06. The molecule has 1 amide bonds. The number of unbranched alkanes of at least 4 members (excludes halogenated alkanes) is 3. The van der Waals surface area contributed by atoms with Crippen LogP contribution in [0.4, 0.5) is 0 Å². The molecule has 0 atom stereocenters. The van der Waals surface area contributed by atoms with Gasteiger partial charge in [-0.15, -0.1) is 0 Å². The second-order valence-electron chi connectivity index (χ2n) is 5.22. The van der Waals surface area contributed by atoms with Gasteiger partial charge in [-0.3, -0.25) is 4.79 Å². The highest BCUT2D eigenvalue weighted by molar-refractivity contribution is 5.76. The van der Waals surface area contributed by atoms with Crippen LogP contribution in [0.25, 0.3) is 0 Å². The third-order valence-corrected chi connectivity index (χ3v) is 3.76. The predicted octanol–water partition coefficient (Wildman–Crippen LogP) is 2.60. The topological polar surface area (TPSA) is 41.1 Å². The highest BCUT2D eigenvalue weighted by Crippen LogP contribution is 2.18. The molecule has 100 valence electrons. The summed E-state index contributed by atoms with van der Waals surface area (Å²) in [6.45, 7) is 2.19. The molecule has 1 rings (SSSR count). The van der Waals surface area contributed by atoms with E-state index in [1.807, 2.05) is 7.05 Å². The van der Waals surface area contributed by atoms with Crippen LogP contribution in [0.15, 0.2) is 0 Å². The zero-order valence-electron chi connectivity index (χ0n) is 11.4. The molecule has 1 fully saturated rings. The van der Waals surface area contributed by atoms with Crippen LogP contribution in [0.1, 0.15) is 64.7 Å². The van der Waals surface area contributed by atoms with Gasteiger partial charge in [-0.1, -0.05) is 26.2 Å². The fourth-order valence-corrected chi connectivity index (χ4v) is 2.54. The molecule has 3 heteroatoms. The van der Waals surface area contributed by atoms with E-state index in [2.05, 4.69) is 17.6 Å². The minimum atomic E-state index is 0.258. The van der Waals surface area contributed by atoms with Gasteiger partial charge >= 0.3 is 0 Å². The summed E-state index contributed by atoms with van der Waals surface area (Å²) >= 11 is 0. The molecule has 17 heavy (non-hydrogen) atoms. The van der Waals surface area contributed by atoms with E-state index in [9.17, 15) is 4.79 Å². The molecule has 0 aromatic rings. The van der Waals surface area contributed by atoms with Crippen molar-refractivity contribution in [3.63, 3.8) is 0 Å². The monoisotopic (exact) mass is 240 g/mol. The van der Waals surface area contributed by atoms with Crippen molar-refractivity contribution in [2.75, 3.05) is 7.05 Å². The average Bonchev–Trinajstić information content (AvgIpc) is 2.36. The van der Waals surface area contributed by atoms with Crippen LogP contribution < -0.4 is 10.6 Å². The number of carbonyl (C=O) groups excluding carboxylic acids is 1. The molecule has 1 saturated carbocycles. The number of carbonyl (C=O) groups is 1. The lowest BCUT2D eigenvalue weighted by Gasteiger charge is -2.28. The molecule has 1 aliphatic rings. The molecule has 2 N–H and O–H groups in total. The van der Waals surface area contributed by atoms with Crippen LogP contribution in [0.2, 0.25) is 0 Å². The van der Waals surface area contributed by atoms with Gasteiger partial charge in [-0.25, -0.2) is 0 Å². The van der Waals surface area contributed by atoms with Gasteiger partial charge in [0.1, 0.15) is 0 Å². The number of hydrogen-bond acceptors (Lipinski definition) is 2. The molecule has 0 saturated heterocycles. The van der Waals surface area contributed by atoms with Crippen molar-refractivity contribution in [2.45, 2.75) is 76.8 Å². The number of rotatable bonds is 7. The van der Waals surface area contributed by atoms with E-state index >= 15 is 0 Å². The molecular weight excluding hydrogens is 212 g/mol. The summed E-state index contributed by atoms with van der Waals surface area (Å²) in [6, 6.07) is 1.09. The molecule has 0 aromatic heterocycles. The summed E-state index contributed by atoms with van der Waals surface area (Å²) in [5, 5.41) is 6.49. The van der Waals surface area contributed by atoms with Crippen molar-refractivity contribution in [1.82, 2.24) is 10.6 Å². The molecular formula is C14H28N2O. The number of nitrogens with one attached hydrogen (secondary N) is 2. The van der Waals surface area contributed by atoms with E-state index in [0.717, 1.165) is 19.3 Å². The fraction of sp³-hybridized carbons (Fsp3) is 0.929. The molecule has 0 unspecified atom stereocenters. The molecule has 0 aliphatic heterocycles. The summed E-state index contributed by atoms with van der Waals surface area (Å²) in [6.07, 6.45) is 10.1. The lowest BCUT2D eigenvalue weighted by atomic mass is 9.91. The van der Waals surface area contributed by atoms with Crippen LogP contribution in [-0.2, 0) is 4.79 Å². The number of amides is 1. The van der Waals surface area contributed by atoms with Crippen LogP contribution in [0.3, 0.4) is 0 Å². The second kappa shape index (κ2) is 8.51. The third-order valence-electron chi connectivity index (χ3n) is 3.76. The number of hydrogen-bond donors (Lipinski definition) is 2. The van der Waals surface area contributed by atoms with Crippen LogP contribution in [0.5, 0.6) is 0 Å². The maximum atomic E-state index is 11.7. The van der Waals surface area contributed by atoms with Crippen molar-refractivity contribution in [1.29, 1.82) is 0 Å². The first-order chi connectivity index (χ1) is 8.26. The molecule has 1 aliphatic carbocycles. The van der Waals surface area contributed by atoms with Gasteiger partial charge in [0.2, 0.25) is 5.91 Å². The van der Waals surface area contributed by atoms with Crippen molar-refractivity contribution < 1.29 is 4.79 Å². The Bertz CT molecular complexity index is 210. The SMILES string of the molecule is CCCCCCC(=O)NC1CCC(NC)CC1. The largest absolute Gasteiger partial charge is 0.353 e. The van der Waals surface area contributed by atoms with Gasteiger partial charge < -0.3 is 10.6 Å². The van der Waals surface area contributed by atoms with Crippen LogP contribution in [0, 0.1) is 0 Å². The lowest BCUT2D eigenvalue weighted by Crippen LogP contribution is -2.41. The predicted molar refractivity (Wildman–Crippen MR) is 72.0 cm³/mol. The van der Waals surface area contributed by atoms with Crippen molar-refractivity contribution in [3.8, 4) is 0 Å². The first-order valence-electron chi connectivity index (χ1n) is 7.23. The second-order valence-corrected chi connectivity index (χ2v) is 5.22. The van der Waals surface area contributed by atoms with Crippen molar-refractivity contribution in [2.24, 2.45) is 0 Å². The average molecular weight is 240 g/mol. The first kappa shape index (κ1) is 14.5. The van der Waals surface area contributed by atoms with Gasteiger partial charge in [0, 0.05) is 18.5 Å². The highest BCUT2D eigenvalue weighted by Gasteiger charge is 2.20. The van der Waals surface area contributed by atoms with Gasteiger partial charge in [0.05, 0.1) is 0 Å². The Kier molecular flexibility index (Phi) is 7.25. The maximum Gasteiger partial charge on any atom is 0.220 e. The van der Waals surface area contributed by atoms with Gasteiger partial charge in [0.25, 0.3) is 0 Å². The molecule has 0 radical (unpaired) electrons. The third kappa shape index (κ3) is 6.06. The Hall–Kier alpha value is -0.570. The summed E-state index contributed by atoms with van der Waals surface area (Å²) < 4.78 is 0. The Morgan fingerprint density at radius 2 is 1.71 bits per heavy atom. The van der Waals surface area contributed by atoms with Crippen molar-refractivity contribution >= 4 is 5.91 Å². The Morgan fingerprint density at radius 1 is 1.06 bits per heavy atom. The van der Waals surface area contributed by atoms with E-state index in [-0.39, 0.29) is 5.91 Å². The van der Waals surface area contributed by atoms with E-state index < -0.39 is 0 Å². The van der Waals surface area contributed by atoms with E-state index in [1.54, 1.807) is 0 Å². The lowest BCUT2D eigenvalue weighted by molar-refractivity contribution is -0.122. The quantitative estimate of drug-likeness (QED) is 0.672. The normalized spacial score (nSPS) is 24.6. The van der Waals surface area contributed by atoms with E-state index in [0.29, 0.717) is 18.5 Å². The Morgan fingerprint density at radius 3 is 2.29 bits per heavy atom. The minimum absolute atomic E-state index is 0.258. The smallest absolute Gasteiger partial charge is 0.220 e. The molecule has 0 spiro atoms. The summed E-state index contributed by atoms with van der Waals surface area (Å²) in [7, 11) is 2.03. The van der Waals surface area contributed by atoms with Crippen LogP contribution in [-0.4, -0.2) is 25.0 Å². The van der Waals surface area contributed by atoms with Gasteiger partial charge in [-0.2, -0.15) is 0 Å². The summed E-state index contributed by atoms with van der Waals surface area (Å²) in [5.74, 6) is 0.258. The van der Waals surface area contributed by atoms with Crippen molar-refractivity contribution in [3.05, 3.63) is 0 Å². The summed E-state index contributed by atoms with van der Waals surface area (Å²) in [4.78, 5) is 11.7. The molecule has 0 heterocycles. The highest BCUT2D eigenvalue weighted by atomic mass is 16.1. The minimum Gasteiger partial charge on any atom is -0.353 e. The van der Waals surface area contributed by atoms with E-state index in [1.165, 1.54) is 32.1 Å². The molecule has 0 bridgehead atoms. The summed E-state index contributed by atoms with van der Waals surface area (Å²) in [5.41, 5.74) is 0. The van der Waals surface area contributed by atoms with Gasteiger partial charge in [-0.05, 0) is 39.2 Å². The van der Waals surface area contributed by atoms with E-state index in [4.69, 9.17) is 0 Å². The Labute approximate surface area is 106 Å².